The molecule has 0 aliphatic carbocycles. The van der Waals surface area contributed by atoms with Crippen molar-refractivity contribution in [3.63, 3.8) is 0 Å². The third-order valence-corrected chi connectivity index (χ3v) is 5.41. The SMILES string of the molecule is O=C(O)c1ccc(Br)c(S(=O)(=O)NCC2CCCO2)c1. The van der Waals surface area contributed by atoms with Crippen molar-refractivity contribution in [3.05, 3.63) is 28.2 Å². The molecule has 0 radical (unpaired) electrons. The van der Waals surface area contributed by atoms with E-state index in [0.717, 1.165) is 18.9 Å². The molecular formula is C12H14BrNO5S. The molecule has 1 aromatic rings. The number of carboxylic acids is 1. The lowest BCUT2D eigenvalue weighted by Crippen LogP contribution is -2.32. The van der Waals surface area contributed by atoms with Crippen molar-refractivity contribution in [2.45, 2.75) is 23.8 Å². The number of sulfonamides is 1. The van der Waals surface area contributed by atoms with E-state index in [2.05, 4.69) is 20.7 Å². The van der Waals surface area contributed by atoms with Gasteiger partial charge in [0, 0.05) is 17.6 Å². The maximum absolute atomic E-state index is 12.2. The van der Waals surface area contributed by atoms with Crippen LogP contribution in [0, 0.1) is 0 Å². The smallest absolute Gasteiger partial charge is 0.335 e. The van der Waals surface area contributed by atoms with E-state index >= 15 is 0 Å². The molecule has 1 aliphatic heterocycles. The van der Waals surface area contributed by atoms with Crippen LogP contribution in [-0.2, 0) is 14.8 Å². The topological polar surface area (TPSA) is 92.7 Å². The Hall–Kier alpha value is -0.960. The summed E-state index contributed by atoms with van der Waals surface area (Å²) >= 11 is 3.13. The lowest BCUT2D eigenvalue weighted by molar-refractivity contribution is 0.0696. The van der Waals surface area contributed by atoms with Gasteiger partial charge in [0.05, 0.1) is 16.6 Å². The quantitative estimate of drug-likeness (QED) is 0.828. The van der Waals surface area contributed by atoms with Crippen LogP contribution in [0.2, 0.25) is 0 Å². The molecule has 1 saturated heterocycles. The largest absolute Gasteiger partial charge is 0.478 e. The lowest BCUT2D eigenvalue weighted by atomic mass is 10.2. The molecule has 1 atom stereocenters. The summed E-state index contributed by atoms with van der Waals surface area (Å²) in [6, 6.07) is 3.87. The number of nitrogens with one attached hydrogen (secondary N) is 1. The third kappa shape index (κ3) is 3.57. The van der Waals surface area contributed by atoms with E-state index in [0.29, 0.717) is 11.1 Å². The molecule has 1 heterocycles. The number of benzene rings is 1. The fraction of sp³-hybridized carbons (Fsp3) is 0.417. The van der Waals surface area contributed by atoms with Crippen molar-refractivity contribution in [2.75, 3.05) is 13.2 Å². The minimum absolute atomic E-state index is 0.0781. The van der Waals surface area contributed by atoms with Crippen LogP contribution in [0.15, 0.2) is 27.6 Å². The Kier molecular flexibility index (Phi) is 4.79. The first-order valence-electron chi connectivity index (χ1n) is 6.04. The van der Waals surface area contributed by atoms with Gasteiger partial charge in [0.1, 0.15) is 0 Å². The molecule has 2 rings (SSSR count). The monoisotopic (exact) mass is 363 g/mol. The number of hydrogen-bond acceptors (Lipinski definition) is 4. The molecule has 6 nitrogen and oxygen atoms in total. The maximum atomic E-state index is 12.2. The average molecular weight is 364 g/mol. The van der Waals surface area contributed by atoms with Gasteiger partial charge in [-0.15, -0.1) is 0 Å². The van der Waals surface area contributed by atoms with Crippen molar-refractivity contribution in [2.24, 2.45) is 0 Å². The fourth-order valence-electron chi connectivity index (χ4n) is 1.93. The van der Waals surface area contributed by atoms with Crippen LogP contribution in [-0.4, -0.2) is 38.7 Å². The predicted molar refractivity (Wildman–Crippen MR) is 75.3 cm³/mol. The standard InChI is InChI=1S/C12H14BrNO5S/c13-10-4-3-8(12(15)16)6-11(10)20(17,18)14-7-9-2-1-5-19-9/h3-4,6,9,14H,1-2,5,7H2,(H,15,16). The van der Waals surface area contributed by atoms with Gasteiger partial charge in [0.2, 0.25) is 10.0 Å². The number of rotatable bonds is 5. The van der Waals surface area contributed by atoms with Crippen molar-refractivity contribution in [1.29, 1.82) is 0 Å². The van der Waals surface area contributed by atoms with Gasteiger partial charge in [0.25, 0.3) is 0 Å². The van der Waals surface area contributed by atoms with Gasteiger partial charge >= 0.3 is 5.97 Å². The molecule has 0 saturated carbocycles. The van der Waals surface area contributed by atoms with E-state index in [1.807, 2.05) is 0 Å². The van der Waals surface area contributed by atoms with Gasteiger partial charge in [-0.1, -0.05) is 0 Å². The molecule has 1 aromatic carbocycles. The second kappa shape index (κ2) is 6.21. The molecule has 1 aliphatic rings. The third-order valence-electron chi connectivity index (χ3n) is 2.99. The Balaban J connectivity index is 2.19. The number of ether oxygens (including phenoxy) is 1. The highest BCUT2D eigenvalue weighted by molar-refractivity contribution is 9.10. The summed E-state index contributed by atoms with van der Waals surface area (Å²) in [4.78, 5) is 10.8. The molecule has 1 fully saturated rings. The summed E-state index contributed by atoms with van der Waals surface area (Å²) in [6.07, 6.45) is 1.62. The Bertz CT molecular complexity index is 610. The number of hydrogen-bond donors (Lipinski definition) is 2. The Morgan fingerprint density at radius 2 is 2.25 bits per heavy atom. The van der Waals surface area contributed by atoms with E-state index in [1.165, 1.54) is 12.1 Å². The van der Waals surface area contributed by atoms with E-state index in [1.54, 1.807) is 0 Å². The van der Waals surface area contributed by atoms with Crippen LogP contribution in [0.5, 0.6) is 0 Å². The van der Waals surface area contributed by atoms with Crippen molar-refractivity contribution in [1.82, 2.24) is 4.72 Å². The minimum atomic E-state index is -3.77. The van der Waals surface area contributed by atoms with Gasteiger partial charge in [-0.3, -0.25) is 0 Å². The van der Waals surface area contributed by atoms with Gasteiger partial charge < -0.3 is 9.84 Å². The maximum Gasteiger partial charge on any atom is 0.335 e. The van der Waals surface area contributed by atoms with Gasteiger partial charge in [-0.05, 0) is 47.0 Å². The predicted octanol–water partition coefficient (Wildman–Crippen LogP) is 1.60. The van der Waals surface area contributed by atoms with Gasteiger partial charge in [-0.2, -0.15) is 0 Å². The zero-order valence-corrected chi connectivity index (χ0v) is 12.9. The van der Waals surface area contributed by atoms with Gasteiger partial charge in [0.15, 0.2) is 0 Å². The molecule has 20 heavy (non-hydrogen) atoms. The summed E-state index contributed by atoms with van der Waals surface area (Å²) in [6.45, 7) is 0.830. The van der Waals surface area contributed by atoms with Crippen molar-refractivity contribution < 1.29 is 23.1 Å². The summed E-state index contributed by atoms with van der Waals surface area (Å²) in [5.74, 6) is -1.17. The molecule has 0 aromatic heterocycles. The average Bonchev–Trinajstić information content (AvgIpc) is 2.89. The summed E-state index contributed by atoms with van der Waals surface area (Å²) < 4.78 is 32.5. The molecule has 1 unspecified atom stereocenters. The molecule has 2 N–H and O–H groups in total. The Labute approximate surface area is 125 Å². The highest BCUT2D eigenvalue weighted by atomic mass is 79.9. The van der Waals surface area contributed by atoms with Crippen LogP contribution >= 0.6 is 15.9 Å². The summed E-state index contributed by atoms with van der Waals surface area (Å²) in [7, 11) is -3.77. The minimum Gasteiger partial charge on any atom is -0.478 e. The van der Waals surface area contributed by atoms with E-state index in [-0.39, 0.29) is 23.1 Å². The van der Waals surface area contributed by atoms with Gasteiger partial charge in [-0.25, -0.2) is 17.9 Å². The fourth-order valence-corrected chi connectivity index (χ4v) is 3.98. The highest BCUT2D eigenvalue weighted by Crippen LogP contribution is 2.23. The Morgan fingerprint density at radius 3 is 2.85 bits per heavy atom. The van der Waals surface area contributed by atoms with E-state index < -0.39 is 16.0 Å². The zero-order valence-electron chi connectivity index (χ0n) is 10.5. The normalized spacial score (nSPS) is 19.1. The van der Waals surface area contributed by atoms with Crippen LogP contribution in [0.3, 0.4) is 0 Å². The van der Waals surface area contributed by atoms with Crippen molar-refractivity contribution in [3.8, 4) is 0 Å². The lowest BCUT2D eigenvalue weighted by Gasteiger charge is -2.12. The van der Waals surface area contributed by atoms with Crippen LogP contribution in [0.4, 0.5) is 0 Å². The Morgan fingerprint density at radius 1 is 1.50 bits per heavy atom. The van der Waals surface area contributed by atoms with Crippen LogP contribution in [0.1, 0.15) is 23.2 Å². The van der Waals surface area contributed by atoms with E-state index in [4.69, 9.17) is 9.84 Å². The molecule has 8 heteroatoms. The molecule has 0 spiro atoms. The number of carboxylic acid groups (broad SMARTS) is 1. The van der Waals surface area contributed by atoms with E-state index in [9.17, 15) is 13.2 Å². The summed E-state index contributed by atoms with van der Waals surface area (Å²) in [5.41, 5.74) is -0.0781. The molecule has 110 valence electrons. The number of aromatic carboxylic acids is 1. The first-order chi connectivity index (χ1) is 9.40. The van der Waals surface area contributed by atoms with Crippen LogP contribution in [0.25, 0.3) is 0 Å². The zero-order chi connectivity index (χ0) is 14.8. The molecule has 0 bridgehead atoms. The second-order valence-corrected chi connectivity index (χ2v) is 7.03. The first kappa shape index (κ1) is 15.4. The second-order valence-electron chi connectivity index (χ2n) is 4.44. The summed E-state index contributed by atoms with van der Waals surface area (Å²) in [5, 5.41) is 8.92. The number of halogens is 1. The van der Waals surface area contributed by atoms with Crippen LogP contribution < -0.4 is 4.72 Å². The van der Waals surface area contributed by atoms with Crippen molar-refractivity contribution >= 4 is 31.9 Å². The molecular weight excluding hydrogens is 350 g/mol. The highest BCUT2D eigenvalue weighted by Gasteiger charge is 2.23. The number of carbonyl (C=O) groups is 1. The molecule has 0 amide bonds. The first-order valence-corrected chi connectivity index (χ1v) is 8.32.